The van der Waals surface area contributed by atoms with E-state index >= 15 is 0 Å². The van der Waals surface area contributed by atoms with Gasteiger partial charge in [0.25, 0.3) is 0 Å². The van der Waals surface area contributed by atoms with Gasteiger partial charge in [-0.2, -0.15) is 0 Å². The van der Waals surface area contributed by atoms with Crippen molar-refractivity contribution in [2.75, 3.05) is 20.7 Å². The average Bonchev–Trinajstić information content (AvgIpc) is 2.73. The van der Waals surface area contributed by atoms with Gasteiger partial charge in [-0.1, -0.05) is 12.8 Å². The van der Waals surface area contributed by atoms with Crippen molar-refractivity contribution in [3.8, 4) is 5.75 Å². The lowest BCUT2D eigenvalue weighted by Gasteiger charge is -2.56. The molecule has 0 bridgehead atoms. The van der Waals surface area contributed by atoms with Gasteiger partial charge in [0.2, 0.25) is 0 Å². The lowest BCUT2D eigenvalue weighted by molar-refractivity contribution is -0.0432. The molecule has 3 aliphatic rings. The SMILES string of the molecule is Cc1nc(/C(N)=C(\COC(=O)N(C)C2CC3(CCC3)C2)N(C)N)ccc1OC1CCCCC1. The molecular weight excluding hydrogens is 418 g/mol. The molecule has 0 radical (unpaired) electrons. The topological polar surface area (TPSA) is 107 Å². The predicted octanol–water partition coefficient (Wildman–Crippen LogP) is 3.94. The van der Waals surface area contributed by atoms with E-state index in [2.05, 4.69) is 4.98 Å². The van der Waals surface area contributed by atoms with Gasteiger partial charge < -0.3 is 25.1 Å². The molecule has 33 heavy (non-hydrogen) atoms. The first-order valence-electron chi connectivity index (χ1n) is 12.3. The number of hydrogen-bond acceptors (Lipinski definition) is 7. The second-order valence-electron chi connectivity index (χ2n) is 10.2. The first-order chi connectivity index (χ1) is 15.8. The lowest BCUT2D eigenvalue weighted by Crippen LogP contribution is -2.54. The number of rotatable bonds is 7. The number of hydrazine groups is 1. The third-order valence-electron chi connectivity index (χ3n) is 7.82. The van der Waals surface area contributed by atoms with Gasteiger partial charge in [-0.25, -0.2) is 15.6 Å². The quantitative estimate of drug-likeness (QED) is 0.472. The number of aromatic nitrogens is 1. The largest absolute Gasteiger partial charge is 0.489 e. The normalized spacial score (nSPS) is 21.0. The van der Waals surface area contributed by atoms with Gasteiger partial charge in [0.15, 0.2) is 0 Å². The van der Waals surface area contributed by atoms with Crippen molar-refractivity contribution in [2.24, 2.45) is 17.0 Å². The Hall–Kier alpha value is -2.48. The highest BCUT2D eigenvalue weighted by atomic mass is 16.6. The molecule has 0 aromatic carbocycles. The molecule has 1 amide bonds. The van der Waals surface area contributed by atoms with Crippen LogP contribution >= 0.6 is 0 Å². The summed E-state index contributed by atoms with van der Waals surface area (Å²) in [6.07, 6.45) is 11.9. The Morgan fingerprint density at radius 3 is 2.42 bits per heavy atom. The number of nitrogens with zero attached hydrogens (tertiary/aromatic N) is 3. The van der Waals surface area contributed by atoms with Crippen LogP contribution in [0.3, 0.4) is 0 Å². The van der Waals surface area contributed by atoms with Gasteiger partial charge in [-0.15, -0.1) is 0 Å². The molecule has 3 fully saturated rings. The van der Waals surface area contributed by atoms with Gasteiger partial charge in [0.05, 0.1) is 28.9 Å². The highest BCUT2D eigenvalue weighted by Gasteiger charge is 2.50. The molecule has 1 heterocycles. The summed E-state index contributed by atoms with van der Waals surface area (Å²) >= 11 is 0. The number of aryl methyl sites for hydroxylation is 1. The van der Waals surface area contributed by atoms with E-state index < -0.39 is 0 Å². The molecule has 1 aromatic heterocycles. The number of hydrogen-bond donors (Lipinski definition) is 2. The molecule has 3 aliphatic carbocycles. The van der Waals surface area contributed by atoms with E-state index in [0.29, 0.717) is 22.5 Å². The maximum atomic E-state index is 12.6. The van der Waals surface area contributed by atoms with Gasteiger partial charge in [-0.05, 0) is 75.8 Å². The van der Waals surface area contributed by atoms with Gasteiger partial charge in [-0.3, -0.25) is 0 Å². The number of amides is 1. The Balaban J connectivity index is 1.38. The third kappa shape index (κ3) is 5.21. The van der Waals surface area contributed by atoms with E-state index in [-0.39, 0.29) is 24.8 Å². The Labute approximate surface area is 197 Å². The zero-order valence-corrected chi connectivity index (χ0v) is 20.3. The van der Waals surface area contributed by atoms with Crippen molar-refractivity contribution in [1.29, 1.82) is 0 Å². The minimum atomic E-state index is -0.346. The Bertz CT molecular complexity index is 882. The fourth-order valence-corrected chi connectivity index (χ4v) is 5.38. The summed E-state index contributed by atoms with van der Waals surface area (Å²) in [6, 6.07) is 4.02. The van der Waals surface area contributed by atoms with Gasteiger partial charge >= 0.3 is 6.09 Å². The van der Waals surface area contributed by atoms with Crippen LogP contribution < -0.4 is 16.3 Å². The minimum absolute atomic E-state index is 0.0130. The Kier molecular flexibility index (Phi) is 7.02. The Morgan fingerprint density at radius 1 is 1.15 bits per heavy atom. The maximum Gasteiger partial charge on any atom is 0.410 e. The zero-order chi connectivity index (χ0) is 23.6. The van der Waals surface area contributed by atoms with E-state index in [4.69, 9.17) is 21.1 Å². The summed E-state index contributed by atoms with van der Waals surface area (Å²) in [6.45, 7) is 1.91. The first kappa shape index (κ1) is 23.7. The predicted molar refractivity (Wildman–Crippen MR) is 128 cm³/mol. The fourth-order valence-electron chi connectivity index (χ4n) is 5.38. The lowest BCUT2D eigenvalue weighted by atomic mass is 9.54. The van der Waals surface area contributed by atoms with E-state index in [9.17, 15) is 4.79 Å². The number of ether oxygens (including phenoxy) is 2. The number of carbonyl (C=O) groups is 1. The number of nitrogens with two attached hydrogens (primary N) is 2. The van der Waals surface area contributed by atoms with Crippen LogP contribution in [0, 0.1) is 12.3 Å². The van der Waals surface area contributed by atoms with Crippen molar-refractivity contribution in [3.63, 3.8) is 0 Å². The standard InChI is InChI=1S/C25H39N5O3/c1-17-22(33-19-8-5-4-6-9-19)11-10-20(28-17)23(26)21(30(3)27)16-32-24(31)29(2)18-14-25(15-18)12-7-13-25/h10-11,18-19H,4-9,12-16,26-27H2,1-3H3/b23-21-. The second-order valence-corrected chi connectivity index (χ2v) is 10.2. The van der Waals surface area contributed by atoms with Crippen LogP contribution in [0.2, 0.25) is 0 Å². The monoisotopic (exact) mass is 457 g/mol. The Morgan fingerprint density at radius 2 is 1.85 bits per heavy atom. The fraction of sp³-hybridized carbons (Fsp3) is 0.680. The van der Waals surface area contributed by atoms with Crippen molar-refractivity contribution in [2.45, 2.75) is 83.3 Å². The summed E-state index contributed by atoms with van der Waals surface area (Å²) in [4.78, 5) is 19.0. The molecule has 0 saturated heterocycles. The molecular formula is C25H39N5O3. The summed E-state index contributed by atoms with van der Waals surface area (Å²) in [5.41, 5.74) is 9.19. The summed E-state index contributed by atoms with van der Waals surface area (Å²) < 4.78 is 11.7. The van der Waals surface area contributed by atoms with Crippen LogP contribution in [0.15, 0.2) is 17.8 Å². The molecule has 8 heteroatoms. The first-order valence-corrected chi connectivity index (χ1v) is 12.3. The number of likely N-dealkylation sites (N-methyl/N-ethyl adjacent to an activating group) is 1. The van der Waals surface area contributed by atoms with Gasteiger partial charge in [0.1, 0.15) is 12.4 Å². The van der Waals surface area contributed by atoms with Crippen LogP contribution in [0.25, 0.3) is 5.70 Å². The number of carbonyl (C=O) groups excluding carboxylic acids is 1. The highest BCUT2D eigenvalue weighted by Crippen LogP contribution is 2.57. The third-order valence-corrected chi connectivity index (χ3v) is 7.82. The van der Waals surface area contributed by atoms with Crippen molar-refractivity contribution >= 4 is 11.8 Å². The molecule has 8 nitrogen and oxygen atoms in total. The van der Waals surface area contributed by atoms with Crippen LogP contribution in [-0.2, 0) is 4.74 Å². The molecule has 0 atom stereocenters. The van der Waals surface area contributed by atoms with E-state index in [1.807, 2.05) is 26.1 Å². The highest BCUT2D eigenvalue weighted by molar-refractivity contribution is 5.69. The van der Waals surface area contributed by atoms with Crippen LogP contribution in [0.5, 0.6) is 5.75 Å². The van der Waals surface area contributed by atoms with Crippen molar-refractivity contribution < 1.29 is 14.3 Å². The molecule has 3 saturated carbocycles. The van der Waals surface area contributed by atoms with E-state index in [0.717, 1.165) is 37.1 Å². The van der Waals surface area contributed by atoms with Crippen LogP contribution in [0.1, 0.15) is 75.6 Å². The number of pyridine rings is 1. The molecule has 4 rings (SSSR count). The smallest absolute Gasteiger partial charge is 0.410 e. The summed E-state index contributed by atoms with van der Waals surface area (Å²) in [5.74, 6) is 6.82. The van der Waals surface area contributed by atoms with E-state index in [1.54, 1.807) is 11.9 Å². The molecule has 0 aliphatic heterocycles. The van der Waals surface area contributed by atoms with Crippen LogP contribution in [-0.4, -0.2) is 53.8 Å². The zero-order valence-electron chi connectivity index (χ0n) is 20.3. The maximum absolute atomic E-state index is 12.6. The second kappa shape index (κ2) is 9.79. The average molecular weight is 458 g/mol. The molecule has 4 N–H and O–H groups in total. The minimum Gasteiger partial charge on any atom is -0.489 e. The van der Waals surface area contributed by atoms with Crippen molar-refractivity contribution in [3.05, 3.63) is 29.2 Å². The van der Waals surface area contributed by atoms with Crippen molar-refractivity contribution in [1.82, 2.24) is 14.9 Å². The molecule has 1 aromatic rings. The molecule has 1 spiro atoms. The summed E-state index contributed by atoms with van der Waals surface area (Å²) in [7, 11) is 3.49. The summed E-state index contributed by atoms with van der Waals surface area (Å²) in [5, 5.41) is 1.39. The molecule has 0 unspecified atom stereocenters. The van der Waals surface area contributed by atoms with E-state index in [1.165, 1.54) is 43.5 Å². The molecule has 182 valence electrons. The van der Waals surface area contributed by atoms with Crippen LogP contribution in [0.4, 0.5) is 4.79 Å². The van der Waals surface area contributed by atoms with Gasteiger partial charge in [0, 0.05) is 20.1 Å².